The number of morpholine rings is 1. The Labute approximate surface area is 87.8 Å². The Hall–Kier alpha value is -1.30. The van der Waals surface area contributed by atoms with Crippen molar-refractivity contribution in [2.24, 2.45) is 0 Å². The van der Waals surface area contributed by atoms with Crippen LogP contribution in [-0.2, 0) is 14.3 Å². The van der Waals surface area contributed by atoms with Gasteiger partial charge in [-0.05, 0) is 6.42 Å². The maximum absolute atomic E-state index is 10.9. The predicted octanol–water partition coefficient (Wildman–Crippen LogP) is 0.318. The monoisotopic (exact) mass is 217 g/mol. The molecule has 1 atom stereocenters. The Balaban J connectivity index is 2.42. The largest absolute Gasteiger partial charge is 0.469 e. The van der Waals surface area contributed by atoms with Crippen LogP contribution >= 0.6 is 0 Å². The zero-order valence-electron chi connectivity index (χ0n) is 8.64. The third-order valence-electron chi connectivity index (χ3n) is 2.38. The zero-order chi connectivity index (χ0) is 11.3. The lowest BCUT2D eigenvalue weighted by Crippen LogP contribution is -2.48. The molecule has 0 saturated carbocycles. The van der Waals surface area contributed by atoms with Crippen molar-refractivity contribution in [3.8, 4) is 0 Å². The molecule has 86 valence electrons. The standard InChI is InChI=1S/C9H15NO5/c1-14-8(11)3-2-7-6-15-5-4-10(7)9(12)13/h7H,2-6H2,1H3,(H,12,13)/t7-/m1/s1. The molecule has 0 radical (unpaired) electrons. The van der Waals surface area contributed by atoms with Gasteiger partial charge < -0.3 is 19.5 Å². The summed E-state index contributed by atoms with van der Waals surface area (Å²) in [6, 6.07) is -0.240. The number of rotatable bonds is 3. The van der Waals surface area contributed by atoms with Crippen LogP contribution in [-0.4, -0.2) is 55.0 Å². The number of amides is 1. The van der Waals surface area contributed by atoms with Crippen molar-refractivity contribution < 1.29 is 24.2 Å². The second-order valence-electron chi connectivity index (χ2n) is 3.32. The number of carbonyl (C=O) groups is 2. The molecule has 6 nitrogen and oxygen atoms in total. The van der Waals surface area contributed by atoms with Gasteiger partial charge in [-0.15, -0.1) is 0 Å². The molecule has 1 saturated heterocycles. The predicted molar refractivity (Wildman–Crippen MR) is 50.6 cm³/mol. The van der Waals surface area contributed by atoms with Gasteiger partial charge in [-0.25, -0.2) is 4.79 Å². The molecule has 0 aromatic rings. The summed E-state index contributed by atoms with van der Waals surface area (Å²) >= 11 is 0. The Morgan fingerprint density at radius 3 is 2.93 bits per heavy atom. The summed E-state index contributed by atoms with van der Waals surface area (Å²) in [5.41, 5.74) is 0. The van der Waals surface area contributed by atoms with Gasteiger partial charge >= 0.3 is 12.1 Å². The molecule has 0 unspecified atom stereocenters. The number of hydrogen-bond donors (Lipinski definition) is 1. The molecule has 1 aliphatic rings. The summed E-state index contributed by atoms with van der Waals surface area (Å²) in [5.74, 6) is -0.328. The molecule has 1 fully saturated rings. The molecule has 1 aliphatic heterocycles. The van der Waals surface area contributed by atoms with Crippen molar-refractivity contribution in [2.45, 2.75) is 18.9 Å². The molecule has 15 heavy (non-hydrogen) atoms. The third kappa shape index (κ3) is 3.39. The number of carboxylic acid groups (broad SMARTS) is 1. The quantitative estimate of drug-likeness (QED) is 0.689. The molecule has 1 N–H and O–H groups in total. The number of hydrogen-bond acceptors (Lipinski definition) is 4. The summed E-state index contributed by atoms with van der Waals surface area (Å²) in [6.07, 6.45) is -0.305. The molecule has 0 bridgehead atoms. The van der Waals surface area contributed by atoms with E-state index < -0.39 is 6.09 Å². The first-order valence-corrected chi connectivity index (χ1v) is 4.79. The number of methoxy groups -OCH3 is 1. The molecule has 6 heteroatoms. The SMILES string of the molecule is COC(=O)CC[C@@H]1COCCN1C(=O)O. The van der Waals surface area contributed by atoms with Crippen LogP contribution < -0.4 is 0 Å². The van der Waals surface area contributed by atoms with Gasteiger partial charge in [0.25, 0.3) is 0 Å². The van der Waals surface area contributed by atoms with Crippen molar-refractivity contribution >= 4 is 12.1 Å². The number of carbonyl (C=O) groups excluding carboxylic acids is 1. The molecular weight excluding hydrogens is 202 g/mol. The second kappa shape index (κ2) is 5.55. The molecule has 0 spiro atoms. The van der Waals surface area contributed by atoms with Crippen LogP contribution in [0.4, 0.5) is 4.79 Å². The van der Waals surface area contributed by atoms with Crippen LogP contribution in [0.1, 0.15) is 12.8 Å². The highest BCUT2D eigenvalue weighted by Gasteiger charge is 2.27. The number of esters is 1. The van der Waals surface area contributed by atoms with E-state index in [2.05, 4.69) is 4.74 Å². The van der Waals surface area contributed by atoms with Gasteiger partial charge in [0.05, 0.1) is 26.4 Å². The van der Waals surface area contributed by atoms with E-state index in [1.807, 2.05) is 0 Å². The van der Waals surface area contributed by atoms with Crippen LogP contribution in [0.2, 0.25) is 0 Å². The van der Waals surface area contributed by atoms with Crippen LogP contribution in [0.5, 0.6) is 0 Å². The van der Waals surface area contributed by atoms with E-state index in [-0.39, 0.29) is 18.4 Å². The summed E-state index contributed by atoms with van der Waals surface area (Å²) in [7, 11) is 1.31. The van der Waals surface area contributed by atoms with E-state index in [1.165, 1.54) is 12.0 Å². The maximum atomic E-state index is 10.9. The summed E-state index contributed by atoms with van der Waals surface area (Å²) < 4.78 is 9.66. The molecule has 1 amide bonds. The maximum Gasteiger partial charge on any atom is 0.407 e. The average molecular weight is 217 g/mol. The van der Waals surface area contributed by atoms with Gasteiger partial charge in [0.15, 0.2) is 0 Å². The van der Waals surface area contributed by atoms with Crippen LogP contribution in [0.25, 0.3) is 0 Å². The number of nitrogens with zero attached hydrogens (tertiary/aromatic N) is 1. The van der Waals surface area contributed by atoms with Gasteiger partial charge in [-0.2, -0.15) is 0 Å². The van der Waals surface area contributed by atoms with E-state index in [0.29, 0.717) is 26.2 Å². The zero-order valence-corrected chi connectivity index (χ0v) is 8.64. The summed E-state index contributed by atoms with van der Waals surface area (Å²) in [5, 5.41) is 8.89. The summed E-state index contributed by atoms with van der Waals surface area (Å²) in [6.45, 7) is 1.13. The van der Waals surface area contributed by atoms with Gasteiger partial charge in [-0.1, -0.05) is 0 Å². The highest BCUT2D eigenvalue weighted by atomic mass is 16.5. The molecule has 1 heterocycles. The minimum absolute atomic E-state index is 0.217. The fourth-order valence-electron chi connectivity index (χ4n) is 1.53. The van der Waals surface area contributed by atoms with E-state index >= 15 is 0 Å². The van der Waals surface area contributed by atoms with E-state index in [0.717, 1.165) is 0 Å². The number of ether oxygens (including phenoxy) is 2. The van der Waals surface area contributed by atoms with Crippen LogP contribution in [0.3, 0.4) is 0 Å². The van der Waals surface area contributed by atoms with E-state index in [1.54, 1.807) is 0 Å². The Bertz CT molecular complexity index is 243. The lowest BCUT2D eigenvalue weighted by Gasteiger charge is -2.33. The van der Waals surface area contributed by atoms with Crippen molar-refractivity contribution in [2.75, 3.05) is 26.9 Å². The summed E-state index contributed by atoms with van der Waals surface area (Å²) in [4.78, 5) is 23.0. The second-order valence-corrected chi connectivity index (χ2v) is 3.32. The molecule has 0 aromatic carbocycles. The Kier molecular flexibility index (Phi) is 4.36. The third-order valence-corrected chi connectivity index (χ3v) is 2.38. The Morgan fingerprint density at radius 1 is 1.60 bits per heavy atom. The fraction of sp³-hybridized carbons (Fsp3) is 0.778. The highest BCUT2D eigenvalue weighted by Crippen LogP contribution is 2.12. The van der Waals surface area contributed by atoms with Crippen molar-refractivity contribution in [1.82, 2.24) is 4.90 Å². The molecule has 0 aliphatic carbocycles. The minimum atomic E-state index is -0.965. The first-order chi connectivity index (χ1) is 7.15. The van der Waals surface area contributed by atoms with E-state index in [9.17, 15) is 9.59 Å². The minimum Gasteiger partial charge on any atom is -0.469 e. The topological polar surface area (TPSA) is 76.1 Å². The van der Waals surface area contributed by atoms with Gasteiger partial charge in [0, 0.05) is 13.0 Å². The first kappa shape index (κ1) is 11.8. The molecule has 0 aromatic heterocycles. The lowest BCUT2D eigenvalue weighted by molar-refractivity contribution is -0.141. The fourth-order valence-corrected chi connectivity index (χ4v) is 1.53. The van der Waals surface area contributed by atoms with Gasteiger partial charge in [-0.3, -0.25) is 4.79 Å². The normalized spacial score (nSPS) is 21.1. The highest BCUT2D eigenvalue weighted by molar-refractivity contribution is 5.69. The average Bonchev–Trinajstić information content (AvgIpc) is 2.26. The molecular formula is C9H15NO5. The van der Waals surface area contributed by atoms with E-state index in [4.69, 9.17) is 9.84 Å². The van der Waals surface area contributed by atoms with Crippen LogP contribution in [0, 0.1) is 0 Å². The van der Waals surface area contributed by atoms with Crippen LogP contribution in [0.15, 0.2) is 0 Å². The van der Waals surface area contributed by atoms with Gasteiger partial charge in [0.1, 0.15) is 0 Å². The molecule has 1 rings (SSSR count). The van der Waals surface area contributed by atoms with Crippen molar-refractivity contribution in [1.29, 1.82) is 0 Å². The smallest absolute Gasteiger partial charge is 0.407 e. The lowest BCUT2D eigenvalue weighted by atomic mass is 10.1. The first-order valence-electron chi connectivity index (χ1n) is 4.79. The Morgan fingerprint density at radius 2 is 2.33 bits per heavy atom. The van der Waals surface area contributed by atoms with Gasteiger partial charge in [0.2, 0.25) is 0 Å². The van der Waals surface area contributed by atoms with Crippen molar-refractivity contribution in [3.05, 3.63) is 0 Å². The van der Waals surface area contributed by atoms with Crippen molar-refractivity contribution in [3.63, 3.8) is 0 Å².